The van der Waals surface area contributed by atoms with E-state index in [9.17, 15) is 4.79 Å². The number of fused-ring (bicyclic) bond motifs is 1. The second kappa shape index (κ2) is 6.84. The third-order valence-electron chi connectivity index (χ3n) is 4.44. The lowest BCUT2D eigenvalue weighted by molar-refractivity contribution is -0.118. The number of hydrogen-bond donors (Lipinski definition) is 0. The molecule has 0 fully saturated rings. The number of benzene rings is 1. The Morgan fingerprint density at radius 2 is 1.92 bits per heavy atom. The Hall–Kier alpha value is -2.79. The van der Waals surface area contributed by atoms with Crippen molar-refractivity contribution in [2.24, 2.45) is 23.0 Å². The van der Waals surface area contributed by atoms with E-state index in [0.717, 1.165) is 17.1 Å². The minimum atomic E-state index is -0.450. The lowest BCUT2D eigenvalue weighted by Crippen LogP contribution is -2.27. The Kier molecular flexibility index (Phi) is 4.39. The summed E-state index contributed by atoms with van der Waals surface area (Å²) in [5.74, 6) is 0.816. The third-order valence-corrected chi connectivity index (χ3v) is 4.69. The zero-order chi connectivity index (χ0) is 18.1. The summed E-state index contributed by atoms with van der Waals surface area (Å²) in [7, 11) is 1.97. The topological polar surface area (TPSA) is 59.6 Å². The van der Waals surface area contributed by atoms with E-state index in [2.05, 4.69) is 9.98 Å². The molecule has 1 aromatic carbocycles. The fraction of sp³-hybridized carbons (Fsp3) is 0.200. The van der Waals surface area contributed by atoms with Crippen molar-refractivity contribution in [3.05, 3.63) is 65.6 Å². The summed E-state index contributed by atoms with van der Waals surface area (Å²) in [5, 5.41) is 0.544. The molecule has 0 saturated carbocycles. The second-order valence-corrected chi connectivity index (χ2v) is 6.72. The van der Waals surface area contributed by atoms with E-state index in [0.29, 0.717) is 29.4 Å². The fourth-order valence-corrected chi connectivity index (χ4v) is 3.25. The van der Waals surface area contributed by atoms with Gasteiger partial charge in [0.15, 0.2) is 0 Å². The van der Waals surface area contributed by atoms with Crippen molar-refractivity contribution in [1.29, 1.82) is 0 Å². The van der Waals surface area contributed by atoms with Crippen LogP contribution in [0.2, 0.25) is 0 Å². The summed E-state index contributed by atoms with van der Waals surface area (Å²) >= 11 is 5.96. The maximum atomic E-state index is 12.2. The van der Waals surface area contributed by atoms with Crippen LogP contribution in [0, 0.1) is 5.92 Å². The van der Waals surface area contributed by atoms with Crippen molar-refractivity contribution in [3.8, 4) is 11.3 Å². The molecule has 1 aliphatic heterocycles. The molecular weight excluding hydrogens is 348 g/mol. The van der Waals surface area contributed by atoms with Gasteiger partial charge in [0.1, 0.15) is 17.6 Å². The zero-order valence-electron chi connectivity index (χ0n) is 14.3. The lowest BCUT2D eigenvalue weighted by Gasteiger charge is -2.18. The Morgan fingerprint density at radius 3 is 2.73 bits per heavy atom. The minimum absolute atomic E-state index is 0.211. The van der Waals surface area contributed by atoms with Crippen molar-refractivity contribution in [2.45, 2.75) is 12.8 Å². The molecule has 130 valence electrons. The molecule has 0 N–H and O–H groups in total. The average molecular weight is 365 g/mol. The SMILES string of the molecule is Cn1cc(-c2ccccc2)nc1CCC1=NC(=O)C2C=C(Cl)C=CC2=N1. The number of aromatic nitrogens is 2. The van der Waals surface area contributed by atoms with Gasteiger partial charge in [-0.1, -0.05) is 41.9 Å². The number of imidazole rings is 1. The van der Waals surface area contributed by atoms with Crippen LogP contribution in [0.1, 0.15) is 12.2 Å². The third kappa shape index (κ3) is 3.30. The maximum absolute atomic E-state index is 12.2. The van der Waals surface area contributed by atoms with Crippen LogP contribution in [0.4, 0.5) is 0 Å². The Balaban J connectivity index is 1.49. The number of halogens is 1. The van der Waals surface area contributed by atoms with Crippen LogP contribution < -0.4 is 0 Å². The monoisotopic (exact) mass is 364 g/mol. The number of amidine groups is 1. The van der Waals surface area contributed by atoms with Gasteiger partial charge in [0, 0.05) is 36.7 Å². The molecule has 2 heterocycles. The van der Waals surface area contributed by atoms with Crippen LogP contribution in [0.15, 0.2) is 69.8 Å². The summed E-state index contributed by atoms with van der Waals surface area (Å²) in [6.07, 6.45) is 8.46. The summed E-state index contributed by atoms with van der Waals surface area (Å²) in [6.45, 7) is 0. The summed E-state index contributed by atoms with van der Waals surface area (Å²) in [5.41, 5.74) is 2.72. The summed E-state index contributed by atoms with van der Waals surface area (Å²) in [4.78, 5) is 25.6. The van der Waals surface area contributed by atoms with E-state index in [1.54, 1.807) is 18.2 Å². The van der Waals surface area contributed by atoms with Crippen LogP contribution >= 0.6 is 11.6 Å². The van der Waals surface area contributed by atoms with Gasteiger partial charge in [0.05, 0.1) is 11.4 Å². The highest BCUT2D eigenvalue weighted by Gasteiger charge is 2.27. The molecule has 0 saturated heterocycles. The first-order valence-electron chi connectivity index (χ1n) is 8.43. The highest BCUT2D eigenvalue weighted by Crippen LogP contribution is 2.23. The largest absolute Gasteiger partial charge is 0.337 e. The van der Waals surface area contributed by atoms with Gasteiger partial charge in [-0.15, -0.1) is 0 Å². The number of amides is 1. The number of nitrogens with zero attached hydrogens (tertiary/aromatic N) is 4. The van der Waals surface area contributed by atoms with Gasteiger partial charge in [0.25, 0.3) is 5.91 Å². The number of aryl methyl sites for hydroxylation is 2. The predicted octanol–water partition coefficient (Wildman–Crippen LogP) is 3.71. The highest BCUT2D eigenvalue weighted by atomic mass is 35.5. The molecule has 1 unspecified atom stereocenters. The molecule has 5 nitrogen and oxygen atoms in total. The van der Waals surface area contributed by atoms with Gasteiger partial charge >= 0.3 is 0 Å². The van der Waals surface area contributed by atoms with Gasteiger partial charge in [0.2, 0.25) is 0 Å². The molecule has 2 aliphatic rings. The van der Waals surface area contributed by atoms with Crippen molar-refractivity contribution in [1.82, 2.24) is 9.55 Å². The molecule has 1 aliphatic carbocycles. The predicted molar refractivity (Wildman–Crippen MR) is 103 cm³/mol. The highest BCUT2D eigenvalue weighted by molar-refractivity contribution is 6.33. The molecule has 0 bridgehead atoms. The number of aliphatic imine (C=N–C) groups is 2. The molecule has 0 spiro atoms. The first-order chi connectivity index (χ1) is 12.6. The Labute approximate surface area is 156 Å². The van der Waals surface area contributed by atoms with Crippen molar-refractivity contribution in [3.63, 3.8) is 0 Å². The van der Waals surface area contributed by atoms with Gasteiger partial charge in [-0.3, -0.25) is 4.79 Å². The first kappa shape index (κ1) is 16.7. The Morgan fingerprint density at radius 1 is 1.12 bits per heavy atom. The molecule has 1 aromatic heterocycles. The van der Waals surface area contributed by atoms with E-state index in [1.807, 2.05) is 48.1 Å². The average Bonchev–Trinajstić information content (AvgIpc) is 3.02. The number of allylic oxidation sites excluding steroid dienone is 3. The van der Waals surface area contributed by atoms with Gasteiger partial charge in [-0.2, -0.15) is 4.99 Å². The molecule has 0 radical (unpaired) electrons. The van der Waals surface area contributed by atoms with Gasteiger partial charge < -0.3 is 4.57 Å². The van der Waals surface area contributed by atoms with Crippen LogP contribution in [0.3, 0.4) is 0 Å². The van der Waals surface area contributed by atoms with Crippen LogP contribution in [0.25, 0.3) is 11.3 Å². The Bertz CT molecular complexity index is 982. The summed E-state index contributed by atoms with van der Waals surface area (Å²) in [6, 6.07) is 10.1. The molecule has 1 amide bonds. The summed E-state index contributed by atoms with van der Waals surface area (Å²) < 4.78 is 2.01. The van der Waals surface area contributed by atoms with Gasteiger partial charge in [-0.05, 0) is 18.2 Å². The normalized spacial score (nSPS) is 18.9. The molecule has 2 aromatic rings. The number of carbonyl (C=O) groups excluding carboxylic acids is 1. The zero-order valence-corrected chi connectivity index (χ0v) is 15.0. The number of carbonyl (C=O) groups is 1. The molecule has 4 rings (SSSR count). The smallest absolute Gasteiger partial charge is 0.260 e. The second-order valence-electron chi connectivity index (χ2n) is 6.28. The minimum Gasteiger partial charge on any atom is -0.337 e. The molecule has 6 heteroatoms. The van der Waals surface area contributed by atoms with Gasteiger partial charge in [-0.25, -0.2) is 9.98 Å². The number of hydrogen-bond acceptors (Lipinski definition) is 3. The maximum Gasteiger partial charge on any atom is 0.260 e. The van der Waals surface area contributed by atoms with E-state index < -0.39 is 5.92 Å². The quantitative estimate of drug-likeness (QED) is 0.830. The van der Waals surface area contributed by atoms with E-state index in [4.69, 9.17) is 16.6 Å². The first-order valence-corrected chi connectivity index (χ1v) is 8.81. The molecule has 1 atom stereocenters. The fourth-order valence-electron chi connectivity index (χ4n) is 3.06. The number of rotatable bonds is 4. The van der Waals surface area contributed by atoms with E-state index in [1.165, 1.54) is 0 Å². The van der Waals surface area contributed by atoms with Crippen LogP contribution in [-0.4, -0.2) is 27.0 Å². The van der Waals surface area contributed by atoms with E-state index >= 15 is 0 Å². The van der Waals surface area contributed by atoms with E-state index in [-0.39, 0.29) is 5.91 Å². The van der Waals surface area contributed by atoms with Crippen molar-refractivity contribution < 1.29 is 4.79 Å². The molecule has 26 heavy (non-hydrogen) atoms. The molecular formula is C20H17ClN4O. The van der Waals surface area contributed by atoms with Crippen molar-refractivity contribution in [2.75, 3.05) is 0 Å². The lowest BCUT2D eigenvalue weighted by atomic mass is 9.96. The standard InChI is InChI=1S/C20H17ClN4O/c1-25-12-17(13-5-3-2-4-6-13)23-19(25)10-9-18-22-16-8-7-14(21)11-15(16)20(26)24-18/h2-8,11-12,15H,9-10H2,1H3. The van der Waals surface area contributed by atoms with Crippen LogP contribution in [-0.2, 0) is 18.3 Å². The van der Waals surface area contributed by atoms with Crippen molar-refractivity contribution >= 4 is 29.1 Å². The van der Waals surface area contributed by atoms with Crippen LogP contribution in [0.5, 0.6) is 0 Å².